The number of benzene rings is 2. The van der Waals surface area contributed by atoms with Gasteiger partial charge in [0.25, 0.3) is 0 Å². The Morgan fingerprint density at radius 2 is 1.58 bits per heavy atom. The molecule has 0 atom stereocenters. The van der Waals surface area contributed by atoms with Crippen molar-refractivity contribution in [2.75, 3.05) is 19.8 Å². The Kier molecular flexibility index (Phi) is 6.63. The summed E-state index contributed by atoms with van der Waals surface area (Å²) in [7, 11) is 0. The molecule has 0 unspecified atom stereocenters. The molecular formula is C18H18ClNO4. The summed E-state index contributed by atoms with van der Waals surface area (Å²) >= 11 is 5.82. The van der Waals surface area contributed by atoms with Crippen LogP contribution in [0, 0.1) is 0 Å². The van der Waals surface area contributed by atoms with Gasteiger partial charge >= 0.3 is 6.09 Å². The summed E-state index contributed by atoms with van der Waals surface area (Å²) in [6.07, 6.45) is -0.468. The van der Waals surface area contributed by atoms with E-state index in [1.165, 1.54) is 0 Å². The van der Waals surface area contributed by atoms with E-state index < -0.39 is 6.09 Å². The number of ketones is 1. The normalized spacial score (nSPS) is 10.1. The molecule has 2 aromatic rings. The van der Waals surface area contributed by atoms with Gasteiger partial charge in [0.1, 0.15) is 12.4 Å². The van der Waals surface area contributed by atoms with E-state index in [1.807, 2.05) is 0 Å². The van der Waals surface area contributed by atoms with Crippen LogP contribution in [-0.4, -0.2) is 31.6 Å². The Bertz CT molecular complexity index is 683. The molecule has 0 aliphatic carbocycles. The second-order valence-electron chi connectivity index (χ2n) is 4.86. The summed E-state index contributed by atoms with van der Waals surface area (Å²) < 4.78 is 10.2. The molecule has 0 saturated heterocycles. The highest BCUT2D eigenvalue weighted by molar-refractivity contribution is 6.30. The molecule has 0 aliphatic heterocycles. The number of ether oxygens (including phenoxy) is 2. The number of carbonyl (C=O) groups is 2. The average molecular weight is 348 g/mol. The zero-order valence-corrected chi connectivity index (χ0v) is 14.0. The van der Waals surface area contributed by atoms with Crippen LogP contribution in [0.15, 0.2) is 48.5 Å². The fourth-order valence-electron chi connectivity index (χ4n) is 1.97. The van der Waals surface area contributed by atoms with Crippen LogP contribution < -0.4 is 10.1 Å². The summed E-state index contributed by atoms with van der Waals surface area (Å²) in [4.78, 5) is 23.4. The monoisotopic (exact) mass is 347 g/mol. The fraction of sp³-hybridized carbons (Fsp3) is 0.222. The van der Waals surface area contributed by atoms with Gasteiger partial charge in [0.05, 0.1) is 13.2 Å². The topological polar surface area (TPSA) is 64.6 Å². The predicted octanol–water partition coefficient (Wildman–Crippen LogP) is 3.70. The largest absolute Gasteiger partial charge is 0.492 e. The highest BCUT2D eigenvalue weighted by Crippen LogP contribution is 2.17. The molecule has 2 rings (SSSR count). The van der Waals surface area contributed by atoms with Crippen LogP contribution in [0.3, 0.4) is 0 Å². The zero-order chi connectivity index (χ0) is 17.4. The van der Waals surface area contributed by atoms with E-state index in [1.54, 1.807) is 55.5 Å². The van der Waals surface area contributed by atoms with Gasteiger partial charge in [-0.3, -0.25) is 4.79 Å². The molecule has 0 heterocycles. The van der Waals surface area contributed by atoms with Crippen molar-refractivity contribution in [3.8, 4) is 5.75 Å². The molecule has 0 radical (unpaired) electrons. The third kappa shape index (κ3) is 5.28. The van der Waals surface area contributed by atoms with E-state index in [0.29, 0.717) is 41.7 Å². The molecular weight excluding hydrogens is 330 g/mol. The van der Waals surface area contributed by atoms with Crippen molar-refractivity contribution in [2.45, 2.75) is 6.92 Å². The van der Waals surface area contributed by atoms with Gasteiger partial charge in [0.2, 0.25) is 0 Å². The molecule has 0 aliphatic rings. The molecule has 5 nitrogen and oxygen atoms in total. The molecule has 126 valence electrons. The van der Waals surface area contributed by atoms with Crippen LogP contribution in [-0.2, 0) is 4.74 Å². The van der Waals surface area contributed by atoms with Gasteiger partial charge in [-0.2, -0.15) is 0 Å². The van der Waals surface area contributed by atoms with Crippen molar-refractivity contribution in [2.24, 2.45) is 0 Å². The molecule has 2 aromatic carbocycles. The van der Waals surface area contributed by atoms with Crippen molar-refractivity contribution < 1.29 is 19.1 Å². The molecule has 1 N–H and O–H groups in total. The minimum Gasteiger partial charge on any atom is -0.492 e. The van der Waals surface area contributed by atoms with E-state index >= 15 is 0 Å². The van der Waals surface area contributed by atoms with Crippen LogP contribution in [0.2, 0.25) is 5.02 Å². The van der Waals surface area contributed by atoms with Crippen molar-refractivity contribution in [3.63, 3.8) is 0 Å². The van der Waals surface area contributed by atoms with E-state index in [0.717, 1.165) is 0 Å². The maximum absolute atomic E-state index is 12.3. The van der Waals surface area contributed by atoms with Gasteiger partial charge in [-0.1, -0.05) is 11.6 Å². The Morgan fingerprint density at radius 3 is 2.17 bits per heavy atom. The molecule has 24 heavy (non-hydrogen) atoms. The van der Waals surface area contributed by atoms with E-state index in [9.17, 15) is 9.59 Å². The Hall–Kier alpha value is -2.53. The maximum Gasteiger partial charge on any atom is 0.407 e. The minimum absolute atomic E-state index is 0.0813. The Morgan fingerprint density at radius 1 is 1.00 bits per heavy atom. The summed E-state index contributed by atoms with van der Waals surface area (Å²) in [5, 5.41) is 3.15. The standard InChI is InChI=1S/C18H18ClNO4/c1-2-23-18(22)20-11-12-24-16-9-5-14(6-10-16)17(21)13-3-7-15(19)8-4-13/h3-10H,2,11-12H2,1H3,(H,20,22). The van der Waals surface area contributed by atoms with Gasteiger partial charge in [0, 0.05) is 16.1 Å². The number of alkyl carbamates (subject to hydrolysis) is 1. The van der Waals surface area contributed by atoms with Crippen LogP contribution >= 0.6 is 11.6 Å². The van der Waals surface area contributed by atoms with Crippen molar-refractivity contribution in [1.29, 1.82) is 0 Å². The first-order valence-corrected chi connectivity index (χ1v) is 7.91. The number of hydrogen-bond acceptors (Lipinski definition) is 4. The number of rotatable bonds is 7. The molecule has 0 spiro atoms. The molecule has 6 heteroatoms. The van der Waals surface area contributed by atoms with E-state index in [-0.39, 0.29) is 5.78 Å². The predicted molar refractivity (Wildman–Crippen MR) is 91.8 cm³/mol. The first-order chi connectivity index (χ1) is 11.6. The zero-order valence-electron chi connectivity index (χ0n) is 13.3. The van der Waals surface area contributed by atoms with Crippen LogP contribution in [0.4, 0.5) is 4.79 Å². The molecule has 0 saturated carbocycles. The number of hydrogen-bond donors (Lipinski definition) is 1. The first-order valence-electron chi connectivity index (χ1n) is 7.54. The fourth-order valence-corrected chi connectivity index (χ4v) is 2.10. The third-order valence-electron chi connectivity index (χ3n) is 3.14. The molecule has 1 amide bonds. The van der Waals surface area contributed by atoms with Crippen molar-refractivity contribution in [1.82, 2.24) is 5.32 Å². The lowest BCUT2D eigenvalue weighted by Crippen LogP contribution is -2.28. The summed E-state index contributed by atoms with van der Waals surface area (Å²) in [5.74, 6) is 0.538. The van der Waals surface area contributed by atoms with Gasteiger partial charge in [-0.25, -0.2) is 4.79 Å². The highest BCUT2D eigenvalue weighted by atomic mass is 35.5. The smallest absolute Gasteiger partial charge is 0.407 e. The lowest BCUT2D eigenvalue weighted by Gasteiger charge is -2.08. The minimum atomic E-state index is -0.468. The average Bonchev–Trinajstić information content (AvgIpc) is 2.60. The van der Waals surface area contributed by atoms with Crippen molar-refractivity contribution >= 4 is 23.5 Å². The van der Waals surface area contributed by atoms with E-state index in [4.69, 9.17) is 21.1 Å². The number of nitrogens with one attached hydrogen (secondary N) is 1. The quantitative estimate of drug-likeness (QED) is 0.612. The Balaban J connectivity index is 1.85. The van der Waals surface area contributed by atoms with Crippen molar-refractivity contribution in [3.05, 3.63) is 64.7 Å². The lowest BCUT2D eigenvalue weighted by molar-refractivity contribution is 0.103. The lowest BCUT2D eigenvalue weighted by atomic mass is 10.0. The number of halogens is 1. The first kappa shape index (κ1) is 17.8. The number of carbonyl (C=O) groups excluding carboxylic acids is 2. The molecule has 0 aromatic heterocycles. The SMILES string of the molecule is CCOC(=O)NCCOc1ccc(C(=O)c2ccc(Cl)cc2)cc1. The van der Waals surface area contributed by atoms with Gasteiger partial charge in [-0.05, 0) is 55.5 Å². The van der Waals surface area contributed by atoms with Gasteiger partial charge in [-0.15, -0.1) is 0 Å². The van der Waals surface area contributed by atoms with E-state index in [2.05, 4.69) is 5.32 Å². The summed E-state index contributed by atoms with van der Waals surface area (Å²) in [5.41, 5.74) is 1.14. The van der Waals surface area contributed by atoms with Crippen LogP contribution in [0.5, 0.6) is 5.75 Å². The molecule has 0 fully saturated rings. The molecule has 0 bridgehead atoms. The highest BCUT2D eigenvalue weighted by Gasteiger charge is 2.09. The summed E-state index contributed by atoms with van der Waals surface area (Å²) in [6.45, 7) is 2.71. The van der Waals surface area contributed by atoms with Gasteiger partial charge < -0.3 is 14.8 Å². The van der Waals surface area contributed by atoms with Crippen LogP contribution in [0.1, 0.15) is 22.8 Å². The second kappa shape index (κ2) is 8.93. The van der Waals surface area contributed by atoms with Crippen LogP contribution in [0.25, 0.3) is 0 Å². The number of amides is 1. The van der Waals surface area contributed by atoms with Gasteiger partial charge in [0.15, 0.2) is 5.78 Å². The Labute approximate surface area is 145 Å². The summed E-state index contributed by atoms with van der Waals surface area (Å²) in [6, 6.07) is 13.6. The second-order valence-corrected chi connectivity index (χ2v) is 5.29. The maximum atomic E-state index is 12.3. The third-order valence-corrected chi connectivity index (χ3v) is 3.39.